The van der Waals surface area contributed by atoms with Gasteiger partial charge in [0.05, 0.1) is 6.54 Å². The zero-order valence-electron chi connectivity index (χ0n) is 6.16. The van der Waals surface area contributed by atoms with Gasteiger partial charge in [-0.1, -0.05) is 0 Å². The molecule has 1 aliphatic rings. The van der Waals surface area contributed by atoms with Crippen LogP contribution in [0.2, 0.25) is 0 Å². The van der Waals surface area contributed by atoms with Crippen molar-refractivity contribution in [2.75, 3.05) is 18.0 Å². The fourth-order valence-electron chi connectivity index (χ4n) is 0.973. The van der Waals surface area contributed by atoms with E-state index in [1.807, 2.05) is 0 Å². The predicted octanol–water partition coefficient (Wildman–Crippen LogP) is -0.262. The van der Waals surface area contributed by atoms with E-state index in [0.29, 0.717) is 18.4 Å². The molecule has 1 aliphatic heterocycles. The quantitative estimate of drug-likeness (QED) is 0.635. The topological polar surface area (TPSA) is 68.2 Å². The first-order chi connectivity index (χ1) is 5.40. The molecular weight excluding hydrogens is 144 g/mol. The Morgan fingerprint density at radius 2 is 2.36 bits per heavy atom. The second-order valence-corrected chi connectivity index (χ2v) is 2.53. The van der Waals surface area contributed by atoms with Crippen LogP contribution in [0.4, 0.5) is 5.95 Å². The average molecular weight is 154 g/mol. The van der Waals surface area contributed by atoms with Crippen molar-refractivity contribution in [2.45, 2.75) is 13.0 Å². The average Bonchev–Trinajstić information content (AvgIpc) is 2.32. The lowest BCUT2D eigenvalue weighted by molar-refractivity contribution is 0.377. The maximum Gasteiger partial charge on any atom is 0.266 e. The standard InChI is InChI=1S/C6H10N4O/c7-4-5-8-6(9-11-5)10-2-1-3-10/h1-4,7H2. The summed E-state index contributed by atoms with van der Waals surface area (Å²) in [6.07, 6.45) is 1.21. The second kappa shape index (κ2) is 2.50. The van der Waals surface area contributed by atoms with Crippen LogP contribution < -0.4 is 10.6 Å². The van der Waals surface area contributed by atoms with Crippen LogP contribution in [-0.2, 0) is 6.54 Å². The third-order valence-electron chi connectivity index (χ3n) is 1.77. The van der Waals surface area contributed by atoms with E-state index < -0.39 is 0 Å². The summed E-state index contributed by atoms with van der Waals surface area (Å²) < 4.78 is 4.84. The third kappa shape index (κ3) is 1.07. The monoisotopic (exact) mass is 154 g/mol. The normalized spacial score (nSPS) is 16.6. The zero-order valence-corrected chi connectivity index (χ0v) is 6.16. The van der Waals surface area contributed by atoms with Crippen molar-refractivity contribution in [2.24, 2.45) is 5.73 Å². The van der Waals surface area contributed by atoms with Gasteiger partial charge in [-0.15, -0.1) is 0 Å². The van der Waals surface area contributed by atoms with Crippen LogP contribution in [0, 0.1) is 0 Å². The van der Waals surface area contributed by atoms with E-state index in [2.05, 4.69) is 15.0 Å². The molecule has 1 fully saturated rings. The summed E-state index contributed by atoms with van der Waals surface area (Å²) in [7, 11) is 0. The van der Waals surface area contributed by atoms with Crippen molar-refractivity contribution < 1.29 is 4.52 Å². The molecule has 2 N–H and O–H groups in total. The summed E-state index contributed by atoms with van der Waals surface area (Å²) in [5.41, 5.74) is 5.31. The molecule has 1 aromatic heterocycles. The van der Waals surface area contributed by atoms with Gasteiger partial charge in [0.15, 0.2) is 0 Å². The third-order valence-corrected chi connectivity index (χ3v) is 1.77. The molecule has 5 nitrogen and oxygen atoms in total. The molecule has 0 aliphatic carbocycles. The van der Waals surface area contributed by atoms with Crippen molar-refractivity contribution in [3.63, 3.8) is 0 Å². The van der Waals surface area contributed by atoms with Crippen molar-refractivity contribution in [1.29, 1.82) is 0 Å². The number of nitrogens with zero attached hydrogens (tertiary/aromatic N) is 3. The minimum Gasteiger partial charge on any atom is -0.338 e. The van der Waals surface area contributed by atoms with Crippen LogP contribution in [0.15, 0.2) is 4.52 Å². The Morgan fingerprint density at radius 1 is 1.55 bits per heavy atom. The van der Waals surface area contributed by atoms with Gasteiger partial charge in [0, 0.05) is 13.1 Å². The van der Waals surface area contributed by atoms with Gasteiger partial charge in [0.25, 0.3) is 5.95 Å². The summed E-state index contributed by atoms with van der Waals surface area (Å²) in [5, 5.41) is 3.77. The Morgan fingerprint density at radius 3 is 2.82 bits per heavy atom. The van der Waals surface area contributed by atoms with E-state index >= 15 is 0 Å². The molecule has 0 saturated carbocycles. The first kappa shape index (κ1) is 6.60. The predicted molar refractivity (Wildman–Crippen MR) is 39.0 cm³/mol. The Hall–Kier alpha value is -1.10. The van der Waals surface area contributed by atoms with Gasteiger partial charge in [-0.05, 0) is 11.6 Å². The maximum absolute atomic E-state index is 5.31. The molecule has 11 heavy (non-hydrogen) atoms. The lowest BCUT2D eigenvalue weighted by Gasteiger charge is -2.28. The van der Waals surface area contributed by atoms with E-state index in [-0.39, 0.29) is 0 Å². The maximum atomic E-state index is 5.31. The molecule has 1 saturated heterocycles. The zero-order chi connectivity index (χ0) is 7.68. The fraction of sp³-hybridized carbons (Fsp3) is 0.667. The van der Waals surface area contributed by atoms with E-state index in [9.17, 15) is 0 Å². The lowest BCUT2D eigenvalue weighted by Crippen LogP contribution is -2.37. The van der Waals surface area contributed by atoms with E-state index in [0.717, 1.165) is 13.1 Å². The van der Waals surface area contributed by atoms with Crippen molar-refractivity contribution in [1.82, 2.24) is 10.1 Å². The molecule has 0 unspecified atom stereocenters. The molecule has 0 atom stereocenters. The molecule has 0 amide bonds. The SMILES string of the molecule is NCc1nc(N2CCC2)no1. The molecule has 0 aromatic carbocycles. The summed E-state index contributed by atoms with van der Waals surface area (Å²) in [6, 6.07) is 0. The largest absolute Gasteiger partial charge is 0.338 e. The van der Waals surface area contributed by atoms with Crippen LogP contribution in [-0.4, -0.2) is 23.2 Å². The van der Waals surface area contributed by atoms with Crippen LogP contribution in [0.1, 0.15) is 12.3 Å². The number of hydrogen-bond acceptors (Lipinski definition) is 5. The highest BCUT2D eigenvalue weighted by Crippen LogP contribution is 2.15. The molecule has 60 valence electrons. The van der Waals surface area contributed by atoms with Crippen molar-refractivity contribution in [3.8, 4) is 0 Å². The van der Waals surface area contributed by atoms with Crippen molar-refractivity contribution in [3.05, 3.63) is 5.89 Å². The first-order valence-electron chi connectivity index (χ1n) is 3.68. The van der Waals surface area contributed by atoms with Gasteiger partial charge in [0.2, 0.25) is 5.89 Å². The summed E-state index contributed by atoms with van der Waals surface area (Å²) in [4.78, 5) is 6.13. The molecule has 2 rings (SSSR count). The first-order valence-corrected chi connectivity index (χ1v) is 3.68. The van der Waals surface area contributed by atoms with Crippen LogP contribution in [0.5, 0.6) is 0 Å². The van der Waals surface area contributed by atoms with Crippen LogP contribution in [0.25, 0.3) is 0 Å². The Balaban J connectivity index is 2.11. The molecular formula is C6H10N4O. The number of aromatic nitrogens is 2. The van der Waals surface area contributed by atoms with Gasteiger partial charge in [-0.2, -0.15) is 4.98 Å². The summed E-state index contributed by atoms with van der Waals surface area (Å²) >= 11 is 0. The molecule has 2 heterocycles. The van der Waals surface area contributed by atoms with E-state index in [1.54, 1.807) is 0 Å². The number of rotatable bonds is 2. The number of hydrogen-bond donors (Lipinski definition) is 1. The minimum atomic E-state index is 0.320. The van der Waals surface area contributed by atoms with Crippen LogP contribution in [0.3, 0.4) is 0 Å². The van der Waals surface area contributed by atoms with Gasteiger partial charge in [-0.25, -0.2) is 0 Å². The van der Waals surface area contributed by atoms with Crippen molar-refractivity contribution >= 4 is 5.95 Å². The summed E-state index contributed by atoms with van der Waals surface area (Å²) in [6.45, 7) is 2.38. The Bertz CT molecular complexity index is 242. The minimum absolute atomic E-state index is 0.320. The highest BCUT2D eigenvalue weighted by Gasteiger charge is 2.19. The molecule has 0 spiro atoms. The fourth-order valence-corrected chi connectivity index (χ4v) is 0.973. The molecule has 1 aromatic rings. The molecule has 5 heteroatoms. The molecule has 0 radical (unpaired) electrons. The van der Waals surface area contributed by atoms with Crippen LogP contribution >= 0.6 is 0 Å². The lowest BCUT2D eigenvalue weighted by atomic mass is 10.2. The van der Waals surface area contributed by atoms with Gasteiger partial charge in [0.1, 0.15) is 0 Å². The van der Waals surface area contributed by atoms with E-state index in [1.165, 1.54) is 6.42 Å². The van der Waals surface area contributed by atoms with Gasteiger partial charge in [-0.3, -0.25) is 0 Å². The highest BCUT2D eigenvalue weighted by molar-refractivity contribution is 5.30. The second-order valence-electron chi connectivity index (χ2n) is 2.53. The van der Waals surface area contributed by atoms with Gasteiger partial charge >= 0.3 is 0 Å². The molecule has 0 bridgehead atoms. The number of nitrogens with two attached hydrogens (primary N) is 1. The summed E-state index contributed by atoms with van der Waals surface area (Å²) in [5.74, 6) is 1.18. The Labute approximate surface area is 64.2 Å². The van der Waals surface area contributed by atoms with Gasteiger partial charge < -0.3 is 15.2 Å². The number of anilines is 1. The smallest absolute Gasteiger partial charge is 0.266 e. The highest BCUT2D eigenvalue weighted by atomic mass is 16.5. The Kier molecular flexibility index (Phi) is 1.50. The van der Waals surface area contributed by atoms with E-state index in [4.69, 9.17) is 10.3 Å².